The van der Waals surface area contributed by atoms with Crippen LogP contribution in [0, 0.1) is 0 Å². The maximum atomic E-state index is 2.85. The Kier molecular flexibility index (Phi) is 5.46. The van der Waals surface area contributed by atoms with Gasteiger partial charge in [0.25, 0.3) is 0 Å². The summed E-state index contributed by atoms with van der Waals surface area (Å²) < 4.78 is 0. The third-order valence-corrected chi connectivity index (χ3v) is 13.9. The Morgan fingerprint density at radius 1 is 0.432 bits per heavy atom. The van der Waals surface area contributed by atoms with Crippen LogP contribution in [0.25, 0.3) is 0 Å². The van der Waals surface area contributed by atoms with Crippen LogP contribution in [0.3, 0.4) is 0 Å². The minimum absolute atomic E-state index is 0.299. The van der Waals surface area contributed by atoms with E-state index < -0.39 is 8.07 Å². The van der Waals surface area contributed by atoms with Crippen molar-refractivity contribution in [3.63, 3.8) is 0 Å². The highest BCUT2D eigenvalue weighted by molar-refractivity contribution is 7.03. The minimum Gasteiger partial charge on any atom is -0.278 e. The fourth-order valence-corrected chi connectivity index (χ4v) is 12.7. The predicted octanol–water partition coefficient (Wildman–Crippen LogP) is 6.31. The summed E-state index contributed by atoms with van der Waals surface area (Å²) in [7, 11) is -1.86. The largest absolute Gasteiger partial charge is 0.278 e. The molecular formula is C35H31NSi. The summed E-state index contributed by atoms with van der Waals surface area (Å²) in [4.78, 5) is 2.85. The summed E-state index contributed by atoms with van der Waals surface area (Å²) in [6.07, 6.45) is 0. The molecule has 180 valence electrons. The van der Waals surface area contributed by atoms with Crippen LogP contribution < -0.4 is 10.4 Å². The normalized spacial score (nSPS) is 21.8. The third kappa shape index (κ3) is 3.47. The average molecular weight is 494 g/mol. The van der Waals surface area contributed by atoms with Crippen LogP contribution in [0.1, 0.15) is 16.7 Å². The van der Waals surface area contributed by atoms with Gasteiger partial charge < -0.3 is 0 Å². The zero-order valence-corrected chi connectivity index (χ0v) is 21.9. The molecule has 2 unspecified atom stereocenters. The van der Waals surface area contributed by atoms with E-state index in [9.17, 15) is 0 Å². The molecule has 2 atom stereocenters. The van der Waals surface area contributed by atoms with Gasteiger partial charge in [0.05, 0.1) is 5.54 Å². The van der Waals surface area contributed by atoms with Crippen molar-refractivity contribution >= 4 is 18.4 Å². The number of benzene rings is 5. The molecular weight excluding hydrogens is 462 g/mol. The molecule has 2 heteroatoms. The lowest BCUT2D eigenvalue weighted by Crippen LogP contribution is -2.59. The smallest absolute Gasteiger partial charge is 0.121 e. The lowest BCUT2D eigenvalue weighted by Gasteiger charge is -2.42. The second kappa shape index (κ2) is 8.99. The van der Waals surface area contributed by atoms with E-state index in [-0.39, 0.29) is 5.54 Å². The van der Waals surface area contributed by atoms with Crippen LogP contribution in [0.2, 0.25) is 12.1 Å². The first-order chi connectivity index (χ1) is 18.3. The second-order valence-electron chi connectivity index (χ2n) is 10.6. The second-order valence-corrected chi connectivity index (χ2v) is 14.7. The first-order valence-corrected chi connectivity index (χ1v) is 15.8. The van der Waals surface area contributed by atoms with Gasteiger partial charge in [-0.25, -0.2) is 0 Å². The molecule has 7 rings (SSSR count). The standard InChI is InChI=1S/C35H31NSi/c1-6-16-28(17-7-1)35(29-18-8-2-9-19-29,30-20-10-3-11-21-30)36-33-26-37(27-34(33)36,31-22-12-4-13-23-31)32-24-14-5-15-25-32/h1-25,33-34H,26-27H2. The number of hydrogen-bond acceptors (Lipinski definition) is 1. The maximum absolute atomic E-state index is 2.85. The Balaban J connectivity index is 1.39. The molecule has 37 heavy (non-hydrogen) atoms. The Labute approximate surface area is 221 Å². The lowest BCUT2D eigenvalue weighted by molar-refractivity contribution is 0.304. The molecule has 0 saturated carbocycles. The van der Waals surface area contributed by atoms with Crippen LogP contribution in [-0.4, -0.2) is 25.1 Å². The highest BCUT2D eigenvalue weighted by Crippen LogP contribution is 2.58. The zero-order chi connectivity index (χ0) is 24.7. The monoisotopic (exact) mass is 493 g/mol. The number of hydrogen-bond donors (Lipinski definition) is 0. The Hall–Kier alpha value is -3.72. The van der Waals surface area contributed by atoms with E-state index in [1.807, 2.05) is 0 Å². The van der Waals surface area contributed by atoms with Crippen molar-refractivity contribution in [1.29, 1.82) is 0 Å². The van der Waals surface area contributed by atoms with Crippen molar-refractivity contribution in [2.24, 2.45) is 0 Å². The van der Waals surface area contributed by atoms with E-state index in [1.165, 1.54) is 28.8 Å². The van der Waals surface area contributed by atoms with Gasteiger partial charge in [-0.3, -0.25) is 4.90 Å². The highest BCUT2D eigenvalue weighted by atomic mass is 28.3. The minimum atomic E-state index is -1.86. The molecule has 0 spiro atoms. The van der Waals surface area contributed by atoms with Crippen molar-refractivity contribution in [2.75, 3.05) is 0 Å². The topological polar surface area (TPSA) is 3.01 Å². The molecule has 0 bridgehead atoms. The summed E-state index contributed by atoms with van der Waals surface area (Å²) in [6.45, 7) is 0. The summed E-state index contributed by atoms with van der Waals surface area (Å²) in [5.74, 6) is 0. The summed E-state index contributed by atoms with van der Waals surface area (Å²) in [5.41, 5.74) is 3.77. The molecule has 1 nitrogen and oxygen atoms in total. The van der Waals surface area contributed by atoms with E-state index in [1.54, 1.807) is 10.4 Å². The van der Waals surface area contributed by atoms with Crippen molar-refractivity contribution in [3.05, 3.63) is 168 Å². The van der Waals surface area contributed by atoms with Crippen LogP contribution in [-0.2, 0) is 5.54 Å². The SMILES string of the molecule is c1ccc(C(c2ccccc2)(c2ccccc2)N2C3C[Si](c4ccccc4)(c4ccccc4)CC32)cc1. The molecule has 5 aromatic carbocycles. The van der Waals surface area contributed by atoms with Crippen LogP contribution in [0.5, 0.6) is 0 Å². The number of fused-ring (bicyclic) bond motifs is 1. The van der Waals surface area contributed by atoms with Gasteiger partial charge in [-0.1, -0.05) is 162 Å². The Morgan fingerprint density at radius 3 is 1.05 bits per heavy atom. The van der Waals surface area contributed by atoms with Crippen molar-refractivity contribution in [2.45, 2.75) is 29.7 Å². The molecule has 5 aromatic rings. The molecule has 2 aliphatic rings. The Bertz CT molecular complexity index is 1320. The van der Waals surface area contributed by atoms with E-state index >= 15 is 0 Å². The van der Waals surface area contributed by atoms with Gasteiger partial charge in [-0.2, -0.15) is 0 Å². The van der Waals surface area contributed by atoms with Crippen LogP contribution >= 0.6 is 0 Å². The molecule has 0 aromatic heterocycles. The van der Waals surface area contributed by atoms with E-state index in [4.69, 9.17) is 0 Å². The molecule has 0 aliphatic carbocycles. The molecule has 2 heterocycles. The van der Waals surface area contributed by atoms with Gasteiger partial charge in [-0.15, -0.1) is 0 Å². The summed E-state index contributed by atoms with van der Waals surface area (Å²) >= 11 is 0. The van der Waals surface area contributed by atoms with Crippen LogP contribution in [0.15, 0.2) is 152 Å². The van der Waals surface area contributed by atoms with E-state index in [0.717, 1.165) is 0 Å². The average Bonchev–Trinajstić information content (AvgIpc) is 3.49. The third-order valence-electron chi connectivity index (χ3n) is 8.80. The van der Waals surface area contributed by atoms with Crippen molar-refractivity contribution in [3.8, 4) is 0 Å². The van der Waals surface area contributed by atoms with Gasteiger partial charge in [0, 0.05) is 12.1 Å². The molecule has 2 aliphatic heterocycles. The molecule has 2 saturated heterocycles. The first kappa shape index (κ1) is 22.5. The van der Waals surface area contributed by atoms with Crippen molar-refractivity contribution < 1.29 is 0 Å². The Morgan fingerprint density at radius 2 is 0.730 bits per heavy atom. The fourth-order valence-electron chi connectivity index (χ4n) is 7.24. The molecule has 0 amide bonds. The van der Waals surface area contributed by atoms with Crippen molar-refractivity contribution in [1.82, 2.24) is 4.90 Å². The van der Waals surface area contributed by atoms with Gasteiger partial charge in [0.15, 0.2) is 0 Å². The molecule has 2 fully saturated rings. The zero-order valence-electron chi connectivity index (χ0n) is 20.9. The molecule has 0 N–H and O–H groups in total. The summed E-state index contributed by atoms with van der Waals surface area (Å²) in [5, 5.41) is 3.16. The quantitative estimate of drug-likeness (QED) is 0.152. The first-order valence-electron chi connectivity index (χ1n) is 13.4. The van der Waals surface area contributed by atoms with E-state index in [0.29, 0.717) is 12.1 Å². The van der Waals surface area contributed by atoms with E-state index in [2.05, 4.69) is 157 Å². The lowest BCUT2D eigenvalue weighted by atomic mass is 9.76. The highest BCUT2D eigenvalue weighted by Gasteiger charge is 2.68. The summed E-state index contributed by atoms with van der Waals surface area (Å²) in [6, 6.07) is 60.0. The van der Waals surface area contributed by atoms with Gasteiger partial charge >= 0.3 is 0 Å². The fraction of sp³-hybridized carbons (Fsp3) is 0.143. The van der Waals surface area contributed by atoms with Gasteiger partial charge in [0.1, 0.15) is 8.07 Å². The number of nitrogens with zero attached hydrogens (tertiary/aromatic N) is 1. The van der Waals surface area contributed by atoms with Crippen LogP contribution in [0.4, 0.5) is 0 Å². The molecule has 0 radical (unpaired) electrons. The predicted molar refractivity (Wildman–Crippen MR) is 156 cm³/mol. The number of rotatable bonds is 6. The van der Waals surface area contributed by atoms with Gasteiger partial charge in [-0.05, 0) is 28.8 Å². The maximum Gasteiger partial charge on any atom is 0.121 e. The van der Waals surface area contributed by atoms with Gasteiger partial charge in [0.2, 0.25) is 0 Å².